The maximum absolute atomic E-state index is 4.55. The van der Waals surface area contributed by atoms with Gasteiger partial charge in [-0.1, -0.05) is 104 Å². The molecule has 0 fully saturated rings. The molecule has 0 bridgehead atoms. The van der Waals surface area contributed by atoms with Crippen molar-refractivity contribution in [2.24, 2.45) is 0 Å². The predicted molar refractivity (Wildman–Crippen MR) is 98.0 cm³/mol. The van der Waals surface area contributed by atoms with Gasteiger partial charge < -0.3 is 0 Å². The summed E-state index contributed by atoms with van der Waals surface area (Å²) in [6.07, 6.45) is 22.8. The maximum atomic E-state index is 4.55. The van der Waals surface area contributed by atoms with Crippen molar-refractivity contribution in [3.63, 3.8) is 0 Å². The minimum absolute atomic E-state index is 0.646. The van der Waals surface area contributed by atoms with E-state index >= 15 is 0 Å². The minimum Gasteiger partial charge on any atom is -0.176 e. The molecule has 0 aromatic rings. The Bertz CT molecular complexity index is 167. The third-order valence-corrected chi connectivity index (χ3v) is 4.99. The van der Waals surface area contributed by atoms with Crippen molar-refractivity contribution in [3.8, 4) is 0 Å². The summed E-state index contributed by atoms with van der Waals surface area (Å²) in [5.74, 6) is 0. The van der Waals surface area contributed by atoms with Gasteiger partial charge in [0.2, 0.25) is 0 Å². The molecule has 20 heavy (non-hydrogen) atoms. The second kappa shape index (κ2) is 17.4. The van der Waals surface area contributed by atoms with Gasteiger partial charge in [-0.2, -0.15) is 12.6 Å². The molecule has 0 aliphatic heterocycles. The summed E-state index contributed by atoms with van der Waals surface area (Å²) in [6, 6.07) is 0. The van der Waals surface area contributed by atoms with Gasteiger partial charge in [-0.05, 0) is 12.8 Å². The molecule has 0 aromatic carbocycles. The van der Waals surface area contributed by atoms with Crippen LogP contribution in [0.3, 0.4) is 0 Å². The molecule has 0 amide bonds. The Labute approximate surface area is 134 Å². The minimum atomic E-state index is 0.646. The lowest BCUT2D eigenvalue weighted by atomic mass is 10.0. The Balaban J connectivity index is 2.96. The Morgan fingerprint density at radius 2 is 0.900 bits per heavy atom. The van der Waals surface area contributed by atoms with Crippen LogP contribution in [0.2, 0.25) is 0 Å². The molecule has 1 atom stereocenters. The second-order valence-corrected chi connectivity index (χ2v) is 7.18. The fourth-order valence-corrected chi connectivity index (χ4v) is 2.96. The molecule has 0 saturated carbocycles. The standard InChI is InChI=1S/C19H40S/c1-3-5-6-7-8-9-10-11-12-13-14-15-16-17-18-19(20)4-2/h19-20H,3-18H2,1-2H3. The molecule has 0 radical (unpaired) electrons. The molecule has 0 rings (SSSR count). The van der Waals surface area contributed by atoms with E-state index in [1.807, 2.05) is 0 Å². The first-order valence-corrected chi connectivity index (χ1v) is 10.0. The topological polar surface area (TPSA) is 0 Å². The van der Waals surface area contributed by atoms with Crippen molar-refractivity contribution >= 4 is 12.6 Å². The van der Waals surface area contributed by atoms with Crippen molar-refractivity contribution in [3.05, 3.63) is 0 Å². The van der Waals surface area contributed by atoms with E-state index in [4.69, 9.17) is 0 Å². The maximum Gasteiger partial charge on any atom is 0.00141 e. The summed E-state index contributed by atoms with van der Waals surface area (Å²) >= 11 is 4.55. The van der Waals surface area contributed by atoms with Gasteiger partial charge in [0.05, 0.1) is 0 Å². The van der Waals surface area contributed by atoms with E-state index in [0.29, 0.717) is 5.25 Å². The molecule has 1 heteroatoms. The van der Waals surface area contributed by atoms with E-state index in [-0.39, 0.29) is 0 Å². The van der Waals surface area contributed by atoms with Gasteiger partial charge >= 0.3 is 0 Å². The fourth-order valence-electron chi connectivity index (χ4n) is 2.78. The van der Waals surface area contributed by atoms with E-state index in [1.54, 1.807) is 0 Å². The van der Waals surface area contributed by atoms with Crippen LogP contribution in [0.4, 0.5) is 0 Å². The predicted octanol–water partition coefficient (Wildman–Crippen LogP) is 7.57. The first-order valence-electron chi connectivity index (χ1n) is 9.49. The molecular weight excluding hydrogens is 260 g/mol. The van der Waals surface area contributed by atoms with Crippen LogP contribution in [-0.4, -0.2) is 5.25 Å². The summed E-state index contributed by atoms with van der Waals surface area (Å²) in [5.41, 5.74) is 0. The van der Waals surface area contributed by atoms with E-state index in [2.05, 4.69) is 26.5 Å². The molecular formula is C19H40S. The molecule has 122 valence electrons. The SMILES string of the molecule is CCCCCCCCCCCCCCCCC(S)CC. The summed E-state index contributed by atoms with van der Waals surface area (Å²) in [6.45, 7) is 4.53. The first-order chi connectivity index (χ1) is 9.81. The molecule has 0 saturated heterocycles. The summed E-state index contributed by atoms with van der Waals surface area (Å²) in [4.78, 5) is 0. The summed E-state index contributed by atoms with van der Waals surface area (Å²) in [7, 11) is 0. The highest BCUT2D eigenvalue weighted by molar-refractivity contribution is 7.80. The van der Waals surface area contributed by atoms with Gasteiger partial charge in [0.1, 0.15) is 0 Å². The third kappa shape index (κ3) is 16.4. The normalized spacial score (nSPS) is 12.8. The van der Waals surface area contributed by atoms with Crippen molar-refractivity contribution < 1.29 is 0 Å². The zero-order valence-electron chi connectivity index (χ0n) is 14.3. The van der Waals surface area contributed by atoms with Gasteiger partial charge in [-0.15, -0.1) is 0 Å². The number of unbranched alkanes of at least 4 members (excludes halogenated alkanes) is 13. The average molecular weight is 301 g/mol. The van der Waals surface area contributed by atoms with Crippen molar-refractivity contribution in [2.45, 2.75) is 122 Å². The lowest BCUT2D eigenvalue weighted by molar-refractivity contribution is 0.530. The van der Waals surface area contributed by atoms with Crippen LogP contribution >= 0.6 is 12.6 Å². The highest BCUT2D eigenvalue weighted by Gasteiger charge is 1.99. The number of hydrogen-bond donors (Lipinski definition) is 1. The van der Waals surface area contributed by atoms with Crippen LogP contribution < -0.4 is 0 Å². The smallest absolute Gasteiger partial charge is 0.00141 e. The van der Waals surface area contributed by atoms with Gasteiger partial charge in [0, 0.05) is 5.25 Å². The van der Waals surface area contributed by atoms with E-state index in [0.717, 1.165) is 0 Å². The molecule has 1 unspecified atom stereocenters. The number of hydrogen-bond acceptors (Lipinski definition) is 1. The third-order valence-electron chi connectivity index (χ3n) is 4.36. The number of thiol groups is 1. The summed E-state index contributed by atoms with van der Waals surface area (Å²) in [5, 5.41) is 0.646. The van der Waals surface area contributed by atoms with E-state index < -0.39 is 0 Å². The average Bonchev–Trinajstić information content (AvgIpc) is 2.47. The van der Waals surface area contributed by atoms with Crippen LogP contribution in [0.25, 0.3) is 0 Å². The van der Waals surface area contributed by atoms with Crippen LogP contribution in [-0.2, 0) is 0 Å². The quantitative estimate of drug-likeness (QED) is 0.220. The Hall–Kier alpha value is 0.350. The highest BCUT2D eigenvalue weighted by Crippen LogP contribution is 2.15. The Kier molecular flexibility index (Phi) is 17.7. The van der Waals surface area contributed by atoms with Gasteiger partial charge in [-0.25, -0.2) is 0 Å². The van der Waals surface area contributed by atoms with Crippen LogP contribution in [0.15, 0.2) is 0 Å². The van der Waals surface area contributed by atoms with E-state index in [9.17, 15) is 0 Å². The van der Waals surface area contributed by atoms with E-state index in [1.165, 1.54) is 103 Å². The Morgan fingerprint density at radius 1 is 0.550 bits per heavy atom. The van der Waals surface area contributed by atoms with Crippen LogP contribution in [0.5, 0.6) is 0 Å². The largest absolute Gasteiger partial charge is 0.176 e. The van der Waals surface area contributed by atoms with Gasteiger partial charge in [0.25, 0.3) is 0 Å². The molecule has 0 N–H and O–H groups in total. The van der Waals surface area contributed by atoms with Crippen LogP contribution in [0.1, 0.15) is 117 Å². The Morgan fingerprint density at radius 3 is 1.25 bits per heavy atom. The molecule has 0 aliphatic rings. The van der Waals surface area contributed by atoms with Gasteiger partial charge in [-0.3, -0.25) is 0 Å². The lowest BCUT2D eigenvalue weighted by Crippen LogP contribution is -1.95. The molecule has 0 nitrogen and oxygen atoms in total. The summed E-state index contributed by atoms with van der Waals surface area (Å²) < 4.78 is 0. The zero-order valence-corrected chi connectivity index (χ0v) is 15.2. The molecule has 0 heterocycles. The number of rotatable bonds is 16. The molecule has 0 aromatic heterocycles. The van der Waals surface area contributed by atoms with Crippen LogP contribution in [0, 0.1) is 0 Å². The second-order valence-electron chi connectivity index (χ2n) is 6.45. The fraction of sp³-hybridized carbons (Fsp3) is 1.00. The van der Waals surface area contributed by atoms with Crippen molar-refractivity contribution in [1.29, 1.82) is 0 Å². The molecule has 0 spiro atoms. The zero-order chi connectivity index (χ0) is 14.9. The lowest BCUT2D eigenvalue weighted by Gasteiger charge is -2.06. The van der Waals surface area contributed by atoms with Gasteiger partial charge in [0.15, 0.2) is 0 Å². The monoisotopic (exact) mass is 300 g/mol. The van der Waals surface area contributed by atoms with Crippen molar-refractivity contribution in [1.82, 2.24) is 0 Å². The molecule has 0 aliphatic carbocycles. The van der Waals surface area contributed by atoms with Crippen molar-refractivity contribution in [2.75, 3.05) is 0 Å². The first kappa shape index (κ1) is 20.3. The highest BCUT2D eigenvalue weighted by atomic mass is 32.1.